The average Bonchev–Trinajstić information content (AvgIpc) is 2.36. The highest BCUT2D eigenvalue weighted by atomic mass is 79.9. The molecule has 20 heavy (non-hydrogen) atoms. The normalized spacial score (nSPS) is 11.3. The number of benzene rings is 2. The van der Waals surface area contributed by atoms with E-state index in [4.69, 9.17) is 17.3 Å². The first kappa shape index (κ1) is 15.2. The third-order valence-electron chi connectivity index (χ3n) is 2.71. The molecule has 0 fully saturated rings. The van der Waals surface area contributed by atoms with Gasteiger partial charge in [-0.3, -0.25) is 4.72 Å². The summed E-state index contributed by atoms with van der Waals surface area (Å²) in [7, 11) is -3.77. The molecule has 2 aromatic rings. The lowest BCUT2D eigenvalue weighted by molar-refractivity contribution is 0.601. The first-order valence-electron chi connectivity index (χ1n) is 5.63. The number of aryl methyl sites for hydroxylation is 1. The van der Waals surface area contributed by atoms with Crippen molar-refractivity contribution in [3.63, 3.8) is 0 Å². The van der Waals surface area contributed by atoms with Crippen LogP contribution in [0.2, 0.25) is 5.02 Å². The second-order valence-electron chi connectivity index (χ2n) is 4.25. The maximum Gasteiger partial charge on any atom is 0.263 e. The van der Waals surface area contributed by atoms with Crippen molar-refractivity contribution in [2.24, 2.45) is 0 Å². The lowest BCUT2D eigenvalue weighted by Crippen LogP contribution is -2.14. The molecule has 0 aliphatic carbocycles. The van der Waals surface area contributed by atoms with Gasteiger partial charge in [0, 0.05) is 15.8 Å². The monoisotopic (exact) mass is 374 g/mol. The van der Waals surface area contributed by atoms with Crippen molar-refractivity contribution in [1.29, 1.82) is 0 Å². The molecule has 0 aliphatic heterocycles. The Kier molecular flexibility index (Phi) is 4.27. The molecule has 0 heterocycles. The van der Waals surface area contributed by atoms with E-state index < -0.39 is 10.0 Å². The summed E-state index contributed by atoms with van der Waals surface area (Å²) in [5.74, 6) is 0. The van der Waals surface area contributed by atoms with Gasteiger partial charge in [-0.05, 0) is 48.9 Å². The Morgan fingerprint density at radius 2 is 1.80 bits per heavy atom. The van der Waals surface area contributed by atoms with Crippen LogP contribution in [-0.2, 0) is 10.0 Å². The van der Waals surface area contributed by atoms with E-state index in [-0.39, 0.29) is 9.92 Å². The maximum absolute atomic E-state index is 12.3. The molecule has 106 valence electrons. The minimum absolute atomic E-state index is 0.0369. The molecule has 0 amide bonds. The van der Waals surface area contributed by atoms with Gasteiger partial charge >= 0.3 is 0 Å². The van der Waals surface area contributed by atoms with Crippen molar-refractivity contribution in [1.82, 2.24) is 0 Å². The summed E-state index contributed by atoms with van der Waals surface area (Å²) in [6, 6.07) is 9.66. The number of nitrogens with one attached hydrogen (secondary N) is 1. The largest absolute Gasteiger partial charge is 0.398 e. The minimum atomic E-state index is -3.77. The van der Waals surface area contributed by atoms with Gasteiger partial charge in [-0.15, -0.1) is 0 Å². The van der Waals surface area contributed by atoms with Crippen molar-refractivity contribution in [3.8, 4) is 0 Å². The molecule has 0 aliphatic rings. The molecule has 0 unspecified atom stereocenters. The van der Waals surface area contributed by atoms with Crippen LogP contribution in [0.5, 0.6) is 0 Å². The molecule has 0 bridgehead atoms. The fraction of sp³-hybridized carbons (Fsp3) is 0.0769. The van der Waals surface area contributed by atoms with Gasteiger partial charge < -0.3 is 5.73 Å². The average molecular weight is 376 g/mol. The van der Waals surface area contributed by atoms with Crippen LogP contribution in [-0.4, -0.2) is 8.42 Å². The molecule has 0 spiro atoms. The van der Waals surface area contributed by atoms with E-state index in [0.29, 0.717) is 11.4 Å². The summed E-state index contributed by atoms with van der Waals surface area (Å²) in [6.45, 7) is 1.76. The second kappa shape index (κ2) is 5.63. The molecular weight excluding hydrogens is 364 g/mol. The standard InChI is InChI=1S/C13H12BrClN2O2S/c1-8-6-11(15)13(7-12(8)16)20(18,19)17-10-4-2-9(14)3-5-10/h2-7,17H,16H2,1H3. The van der Waals surface area contributed by atoms with Crippen molar-refractivity contribution in [2.75, 3.05) is 10.5 Å². The highest BCUT2D eigenvalue weighted by Crippen LogP contribution is 2.28. The quantitative estimate of drug-likeness (QED) is 0.802. The number of sulfonamides is 1. The van der Waals surface area contributed by atoms with Crippen molar-refractivity contribution >= 4 is 48.9 Å². The smallest absolute Gasteiger partial charge is 0.263 e. The summed E-state index contributed by atoms with van der Waals surface area (Å²) in [5.41, 5.74) is 7.30. The number of anilines is 2. The van der Waals surface area contributed by atoms with Crippen LogP contribution in [0.4, 0.5) is 11.4 Å². The molecule has 0 aromatic heterocycles. The van der Waals surface area contributed by atoms with Crippen LogP contribution in [0.3, 0.4) is 0 Å². The van der Waals surface area contributed by atoms with Crippen LogP contribution in [0.25, 0.3) is 0 Å². The van der Waals surface area contributed by atoms with Gasteiger partial charge in [0.2, 0.25) is 0 Å². The van der Waals surface area contributed by atoms with E-state index in [1.54, 1.807) is 31.2 Å². The molecule has 0 saturated carbocycles. The lowest BCUT2D eigenvalue weighted by Gasteiger charge is -2.11. The number of hydrogen-bond donors (Lipinski definition) is 2. The summed E-state index contributed by atoms with van der Waals surface area (Å²) in [5, 5.41) is 0.140. The fourth-order valence-electron chi connectivity index (χ4n) is 1.60. The van der Waals surface area contributed by atoms with Crippen molar-refractivity contribution < 1.29 is 8.42 Å². The van der Waals surface area contributed by atoms with E-state index >= 15 is 0 Å². The zero-order valence-electron chi connectivity index (χ0n) is 10.5. The fourth-order valence-corrected chi connectivity index (χ4v) is 3.54. The van der Waals surface area contributed by atoms with Crippen LogP contribution < -0.4 is 10.5 Å². The molecule has 0 radical (unpaired) electrons. The molecule has 4 nitrogen and oxygen atoms in total. The van der Waals surface area contributed by atoms with Crippen LogP contribution in [0, 0.1) is 6.92 Å². The van der Waals surface area contributed by atoms with E-state index in [0.717, 1.165) is 10.0 Å². The van der Waals surface area contributed by atoms with Gasteiger partial charge in [0.15, 0.2) is 0 Å². The Hall–Kier alpha value is -1.24. The van der Waals surface area contributed by atoms with Gasteiger partial charge in [-0.25, -0.2) is 8.42 Å². The first-order chi connectivity index (χ1) is 9.29. The zero-order chi connectivity index (χ0) is 14.9. The predicted octanol–water partition coefficient (Wildman–Crippen LogP) is 3.79. The second-order valence-corrected chi connectivity index (χ2v) is 7.23. The van der Waals surface area contributed by atoms with Gasteiger partial charge in [0.05, 0.1) is 5.02 Å². The first-order valence-corrected chi connectivity index (χ1v) is 8.29. The Balaban J connectivity index is 2.40. The Morgan fingerprint density at radius 3 is 2.40 bits per heavy atom. The summed E-state index contributed by atoms with van der Waals surface area (Å²) < 4.78 is 27.9. The number of hydrogen-bond acceptors (Lipinski definition) is 3. The highest BCUT2D eigenvalue weighted by molar-refractivity contribution is 9.10. The Bertz CT molecular complexity index is 746. The topological polar surface area (TPSA) is 72.2 Å². The van der Waals surface area contributed by atoms with Crippen LogP contribution in [0.1, 0.15) is 5.56 Å². The summed E-state index contributed by atoms with van der Waals surface area (Å²) in [4.78, 5) is -0.0369. The number of nitrogens with two attached hydrogens (primary N) is 1. The molecule has 3 N–H and O–H groups in total. The summed E-state index contributed by atoms with van der Waals surface area (Å²) >= 11 is 9.28. The van der Waals surface area contributed by atoms with Crippen molar-refractivity contribution in [2.45, 2.75) is 11.8 Å². The molecule has 0 saturated heterocycles. The summed E-state index contributed by atoms with van der Waals surface area (Å²) in [6.07, 6.45) is 0. The predicted molar refractivity (Wildman–Crippen MR) is 85.6 cm³/mol. The zero-order valence-corrected chi connectivity index (χ0v) is 13.7. The van der Waals surface area contributed by atoms with Gasteiger partial charge in [0.1, 0.15) is 4.90 Å². The lowest BCUT2D eigenvalue weighted by atomic mass is 10.2. The van der Waals surface area contributed by atoms with Gasteiger partial charge in [-0.2, -0.15) is 0 Å². The number of halogens is 2. The maximum atomic E-state index is 12.3. The SMILES string of the molecule is Cc1cc(Cl)c(S(=O)(=O)Nc2ccc(Br)cc2)cc1N. The van der Waals surface area contributed by atoms with E-state index in [1.165, 1.54) is 12.1 Å². The molecular formula is C13H12BrClN2O2S. The van der Waals surface area contributed by atoms with Crippen LogP contribution >= 0.6 is 27.5 Å². The minimum Gasteiger partial charge on any atom is -0.398 e. The van der Waals surface area contributed by atoms with E-state index in [1.807, 2.05) is 0 Å². The van der Waals surface area contributed by atoms with E-state index in [2.05, 4.69) is 20.7 Å². The van der Waals surface area contributed by atoms with Gasteiger partial charge in [-0.1, -0.05) is 27.5 Å². The van der Waals surface area contributed by atoms with E-state index in [9.17, 15) is 8.42 Å². The molecule has 0 atom stereocenters. The highest BCUT2D eigenvalue weighted by Gasteiger charge is 2.19. The molecule has 2 aromatic carbocycles. The van der Waals surface area contributed by atoms with Crippen molar-refractivity contribution in [3.05, 3.63) is 51.5 Å². The third kappa shape index (κ3) is 3.26. The number of rotatable bonds is 3. The molecule has 7 heteroatoms. The third-order valence-corrected chi connectivity index (χ3v) is 5.08. The van der Waals surface area contributed by atoms with Gasteiger partial charge in [0.25, 0.3) is 10.0 Å². The Labute approximate surface area is 131 Å². The van der Waals surface area contributed by atoms with Crippen LogP contribution in [0.15, 0.2) is 45.8 Å². The molecule has 2 rings (SSSR count). The Morgan fingerprint density at radius 1 is 1.20 bits per heavy atom. The number of nitrogen functional groups attached to an aromatic ring is 1.